The van der Waals surface area contributed by atoms with Crippen LogP contribution in [0.3, 0.4) is 0 Å². The molecule has 0 fully saturated rings. The van der Waals surface area contributed by atoms with E-state index in [0.29, 0.717) is 0 Å². The SMILES string of the molecule is Cc1cc(C(C)(C)C)[n-]n1. The zero-order chi connectivity index (χ0) is 7.78. The molecule has 0 radical (unpaired) electrons. The Labute approximate surface area is 61.7 Å². The highest BCUT2D eigenvalue weighted by atomic mass is 15.1. The van der Waals surface area contributed by atoms with Crippen LogP contribution >= 0.6 is 0 Å². The van der Waals surface area contributed by atoms with Crippen LogP contribution in [0.5, 0.6) is 0 Å². The summed E-state index contributed by atoms with van der Waals surface area (Å²) in [5, 5.41) is 7.97. The predicted octanol–water partition coefficient (Wildman–Crippen LogP) is 1.64. The van der Waals surface area contributed by atoms with Crippen molar-refractivity contribution in [2.45, 2.75) is 33.1 Å². The molecule has 0 amide bonds. The van der Waals surface area contributed by atoms with Crippen molar-refractivity contribution in [1.29, 1.82) is 0 Å². The van der Waals surface area contributed by atoms with Crippen molar-refractivity contribution in [2.75, 3.05) is 0 Å². The summed E-state index contributed by atoms with van der Waals surface area (Å²) < 4.78 is 0. The van der Waals surface area contributed by atoms with Crippen LogP contribution in [0.4, 0.5) is 0 Å². The van der Waals surface area contributed by atoms with Gasteiger partial charge in [0, 0.05) is 5.69 Å². The van der Waals surface area contributed by atoms with Crippen LogP contribution in [0.25, 0.3) is 0 Å². The maximum absolute atomic E-state index is 4.04. The van der Waals surface area contributed by atoms with Crippen LogP contribution in [0.1, 0.15) is 32.2 Å². The first-order valence-corrected chi connectivity index (χ1v) is 3.47. The molecular formula is C8H13N2-. The molecule has 0 spiro atoms. The Bertz CT molecular complexity index is 217. The average molecular weight is 137 g/mol. The van der Waals surface area contributed by atoms with Gasteiger partial charge in [0.15, 0.2) is 0 Å². The quantitative estimate of drug-likeness (QED) is 0.543. The summed E-state index contributed by atoms with van der Waals surface area (Å²) in [6, 6.07) is 2.03. The summed E-state index contributed by atoms with van der Waals surface area (Å²) in [7, 11) is 0. The molecular weight excluding hydrogens is 124 g/mol. The second-order valence-electron chi connectivity index (χ2n) is 3.62. The Balaban J connectivity index is 2.96. The van der Waals surface area contributed by atoms with E-state index >= 15 is 0 Å². The minimum absolute atomic E-state index is 0.140. The lowest BCUT2D eigenvalue weighted by Crippen LogP contribution is -2.12. The molecule has 1 rings (SSSR count). The Kier molecular flexibility index (Phi) is 1.55. The fourth-order valence-corrected chi connectivity index (χ4v) is 0.755. The molecule has 0 aliphatic heterocycles. The van der Waals surface area contributed by atoms with Crippen LogP contribution in [0, 0.1) is 6.92 Å². The first-order valence-electron chi connectivity index (χ1n) is 3.47. The van der Waals surface area contributed by atoms with E-state index in [1.165, 1.54) is 0 Å². The fraction of sp³-hybridized carbons (Fsp3) is 0.625. The van der Waals surface area contributed by atoms with Crippen molar-refractivity contribution in [3.63, 3.8) is 0 Å². The van der Waals surface area contributed by atoms with Crippen LogP contribution in [0.15, 0.2) is 6.07 Å². The lowest BCUT2D eigenvalue weighted by atomic mass is 9.92. The molecule has 0 N–H and O–H groups in total. The van der Waals surface area contributed by atoms with Gasteiger partial charge in [0.2, 0.25) is 0 Å². The molecule has 0 atom stereocenters. The Morgan fingerprint density at radius 3 is 2.20 bits per heavy atom. The third-order valence-electron chi connectivity index (χ3n) is 1.43. The van der Waals surface area contributed by atoms with Gasteiger partial charge in [-0.3, -0.25) is 0 Å². The van der Waals surface area contributed by atoms with E-state index in [0.717, 1.165) is 11.4 Å². The lowest BCUT2D eigenvalue weighted by Gasteiger charge is -2.22. The molecule has 0 aliphatic carbocycles. The van der Waals surface area contributed by atoms with Gasteiger partial charge in [-0.05, 0) is 12.3 Å². The molecule has 2 nitrogen and oxygen atoms in total. The van der Waals surface area contributed by atoms with Crippen molar-refractivity contribution in [3.8, 4) is 0 Å². The van der Waals surface area contributed by atoms with E-state index in [2.05, 4.69) is 31.0 Å². The molecule has 0 saturated heterocycles. The van der Waals surface area contributed by atoms with Crippen molar-refractivity contribution in [2.24, 2.45) is 0 Å². The van der Waals surface area contributed by atoms with Crippen LogP contribution < -0.4 is 5.10 Å². The molecule has 0 saturated carbocycles. The minimum Gasteiger partial charge on any atom is -0.578 e. The Morgan fingerprint density at radius 2 is 2.00 bits per heavy atom. The minimum atomic E-state index is 0.140. The summed E-state index contributed by atoms with van der Waals surface area (Å²) >= 11 is 0. The normalized spacial score (nSPS) is 12.0. The monoisotopic (exact) mass is 137 g/mol. The summed E-state index contributed by atoms with van der Waals surface area (Å²) in [6.45, 7) is 8.37. The van der Waals surface area contributed by atoms with Gasteiger partial charge in [-0.1, -0.05) is 26.8 Å². The highest BCUT2D eigenvalue weighted by molar-refractivity contribution is 5.14. The summed E-state index contributed by atoms with van der Waals surface area (Å²) in [4.78, 5) is 0. The maximum atomic E-state index is 4.04. The van der Waals surface area contributed by atoms with Gasteiger partial charge in [0.25, 0.3) is 0 Å². The van der Waals surface area contributed by atoms with Crippen molar-refractivity contribution < 1.29 is 0 Å². The van der Waals surface area contributed by atoms with Crippen LogP contribution in [0.2, 0.25) is 0 Å². The molecule has 0 bridgehead atoms. The Morgan fingerprint density at radius 1 is 1.40 bits per heavy atom. The van der Waals surface area contributed by atoms with Gasteiger partial charge in [0.05, 0.1) is 0 Å². The molecule has 56 valence electrons. The third kappa shape index (κ3) is 1.38. The predicted molar refractivity (Wildman–Crippen MR) is 41.0 cm³/mol. The number of hydrogen-bond donors (Lipinski definition) is 0. The molecule has 1 aromatic rings. The zero-order valence-corrected chi connectivity index (χ0v) is 6.97. The smallest absolute Gasteiger partial charge is 0.0131 e. The highest BCUT2D eigenvalue weighted by Crippen LogP contribution is 2.18. The average Bonchev–Trinajstić information content (AvgIpc) is 2.11. The lowest BCUT2D eigenvalue weighted by molar-refractivity contribution is 0.563. The van der Waals surface area contributed by atoms with E-state index in [1.54, 1.807) is 0 Å². The van der Waals surface area contributed by atoms with Crippen molar-refractivity contribution in [1.82, 2.24) is 10.2 Å². The Hall–Kier alpha value is -0.790. The topological polar surface area (TPSA) is 27.0 Å². The number of hydrogen-bond acceptors (Lipinski definition) is 1. The second-order valence-corrected chi connectivity index (χ2v) is 3.62. The first kappa shape index (κ1) is 7.32. The van der Waals surface area contributed by atoms with Crippen LogP contribution in [-0.2, 0) is 5.41 Å². The fourth-order valence-electron chi connectivity index (χ4n) is 0.755. The van der Waals surface area contributed by atoms with E-state index in [4.69, 9.17) is 0 Å². The number of aromatic nitrogens is 2. The third-order valence-corrected chi connectivity index (χ3v) is 1.43. The molecule has 0 unspecified atom stereocenters. The zero-order valence-electron chi connectivity index (χ0n) is 6.97. The molecule has 10 heavy (non-hydrogen) atoms. The summed E-state index contributed by atoms with van der Waals surface area (Å²) in [6.07, 6.45) is 0. The number of aryl methyl sites for hydroxylation is 1. The van der Waals surface area contributed by atoms with Gasteiger partial charge in [-0.25, -0.2) is 0 Å². The van der Waals surface area contributed by atoms with Crippen molar-refractivity contribution >= 4 is 0 Å². The standard InChI is InChI=1S/C8H13N2/c1-6-5-7(10-9-6)8(2,3)4/h5H,1-4H3/q-1. The maximum Gasteiger partial charge on any atom is 0.0131 e. The molecule has 2 heteroatoms. The highest BCUT2D eigenvalue weighted by Gasteiger charge is 2.07. The molecule has 0 aliphatic rings. The largest absolute Gasteiger partial charge is 0.578 e. The first-order chi connectivity index (χ1) is 4.50. The van der Waals surface area contributed by atoms with Crippen LogP contribution in [-0.4, -0.2) is 5.10 Å². The van der Waals surface area contributed by atoms with Gasteiger partial charge >= 0.3 is 0 Å². The van der Waals surface area contributed by atoms with Gasteiger partial charge in [-0.15, -0.1) is 5.69 Å². The van der Waals surface area contributed by atoms with E-state index in [-0.39, 0.29) is 5.41 Å². The summed E-state index contributed by atoms with van der Waals surface area (Å²) in [5.41, 5.74) is 2.22. The van der Waals surface area contributed by atoms with Gasteiger partial charge in [-0.2, -0.15) is 0 Å². The second kappa shape index (κ2) is 2.11. The molecule has 1 heterocycles. The summed E-state index contributed by atoms with van der Waals surface area (Å²) in [5.74, 6) is 0. The van der Waals surface area contributed by atoms with Gasteiger partial charge < -0.3 is 10.2 Å². The van der Waals surface area contributed by atoms with Crippen molar-refractivity contribution in [3.05, 3.63) is 17.5 Å². The molecule has 1 aromatic heterocycles. The number of nitrogens with zero attached hydrogens (tertiary/aromatic N) is 2. The molecule has 0 aromatic carbocycles. The van der Waals surface area contributed by atoms with E-state index < -0.39 is 0 Å². The van der Waals surface area contributed by atoms with E-state index in [9.17, 15) is 0 Å². The van der Waals surface area contributed by atoms with Gasteiger partial charge in [0.1, 0.15) is 0 Å². The number of rotatable bonds is 0. The van der Waals surface area contributed by atoms with E-state index in [1.807, 2.05) is 13.0 Å².